The number of ether oxygens (including phenoxy) is 1. The van der Waals surface area contributed by atoms with E-state index < -0.39 is 40.1 Å². The molecule has 11 nitrogen and oxygen atoms in total. The number of sulfonamides is 1. The molecule has 39 heavy (non-hydrogen) atoms. The van der Waals surface area contributed by atoms with Crippen molar-refractivity contribution >= 4 is 33.5 Å². The third-order valence-corrected chi connectivity index (χ3v) is 8.11. The standard InChI is InChI=1S/C27H34N4O7S/c1-18-25(31(17-38-18)39(36,37)23-8-4-3-5-9-23)26(33)30-24(27(34)35)16-21-12-10-20(11-13-21)15-22(32)7-6-14-29-19(2)28/h3-5,8-13,18,24-25H,6-7,14-17H2,1-2H3,(H2,28,29)(H,30,33)(H,34,35)/t18?,24-,25-/m0/s1. The molecule has 12 heteroatoms. The Hall–Kier alpha value is -3.61. The lowest BCUT2D eigenvalue weighted by Crippen LogP contribution is -2.54. The molecular formula is C27H34N4O7S. The second-order valence-electron chi connectivity index (χ2n) is 9.41. The molecule has 1 fully saturated rings. The molecule has 0 radical (unpaired) electrons. The van der Waals surface area contributed by atoms with Gasteiger partial charge in [0.15, 0.2) is 0 Å². The summed E-state index contributed by atoms with van der Waals surface area (Å²) < 4.78 is 32.7. The van der Waals surface area contributed by atoms with E-state index in [9.17, 15) is 27.9 Å². The molecule has 4 N–H and O–H groups in total. The van der Waals surface area contributed by atoms with Crippen LogP contribution in [0.15, 0.2) is 64.5 Å². The molecule has 0 spiro atoms. The molecule has 1 amide bonds. The number of carbonyl (C=O) groups is 3. The number of nitrogens with one attached hydrogen (secondary N) is 1. The number of aliphatic imine (C=N–C) groups is 1. The van der Waals surface area contributed by atoms with Gasteiger partial charge in [0.1, 0.15) is 24.6 Å². The van der Waals surface area contributed by atoms with Crippen molar-refractivity contribution in [3.05, 3.63) is 65.7 Å². The lowest BCUT2D eigenvalue weighted by molar-refractivity contribution is -0.142. The molecule has 2 aromatic carbocycles. The molecule has 1 saturated heterocycles. The monoisotopic (exact) mass is 558 g/mol. The van der Waals surface area contributed by atoms with Gasteiger partial charge in [0.05, 0.1) is 16.8 Å². The quantitative estimate of drug-likeness (QED) is 0.189. The fraction of sp³-hybridized carbons (Fsp3) is 0.407. The number of carbonyl (C=O) groups excluding carboxylic acids is 2. The molecule has 3 rings (SSSR count). The molecule has 1 unspecified atom stereocenters. The van der Waals surface area contributed by atoms with E-state index in [2.05, 4.69) is 10.3 Å². The fourth-order valence-corrected chi connectivity index (χ4v) is 5.76. The number of ketones is 1. The van der Waals surface area contributed by atoms with Crippen LogP contribution in [0.3, 0.4) is 0 Å². The molecule has 1 aliphatic rings. The first-order valence-electron chi connectivity index (χ1n) is 12.6. The number of hydrogen-bond donors (Lipinski definition) is 3. The number of hydrogen-bond acceptors (Lipinski definition) is 7. The largest absolute Gasteiger partial charge is 0.480 e. The molecule has 0 bridgehead atoms. The minimum Gasteiger partial charge on any atom is -0.480 e. The summed E-state index contributed by atoms with van der Waals surface area (Å²) in [5, 5.41) is 12.2. The summed E-state index contributed by atoms with van der Waals surface area (Å²) >= 11 is 0. The molecular weight excluding hydrogens is 524 g/mol. The first-order valence-corrected chi connectivity index (χ1v) is 14.0. The average molecular weight is 559 g/mol. The molecule has 210 valence electrons. The van der Waals surface area contributed by atoms with Crippen LogP contribution in [-0.4, -0.2) is 72.8 Å². The third kappa shape index (κ3) is 8.19. The summed E-state index contributed by atoms with van der Waals surface area (Å²) in [5.74, 6) is -1.48. The topological polar surface area (TPSA) is 168 Å². The van der Waals surface area contributed by atoms with Crippen molar-refractivity contribution in [3.8, 4) is 0 Å². The first-order chi connectivity index (χ1) is 18.5. The number of nitrogens with two attached hydrogens (primary N) is 1. The van der Waals surface area contributed by atoms with Crippen molar-refractivity contribution in [1.29, 1.82) is 0 Å². The SMILES string of the molecule is CC(N)=NCCCC(=O)Cc1ccc(C[C@H](NC(=O)[C@@H]2C(C)OCN2S(=O)(=O)c2ccccc2)C(=O)O)cc1. The predicted octanol–water partition coefficient (Wildman–Crippen LogP) is 1.50. The van der Waals surface area contributed by atoms with Gasteiger partial charge < -0.3 is 20.9 Å². The van der Waals surface area contributed by atoms with Crippen LogP contribution in [0.25, 0.3) is 0 Å². The number of nitrogens with zero attached hydrogens (tertiary/aromatic N) is 2. The van der Waals surface area contributed by atoms with Gasteiger partial charge in [-0.25, -0.2) is 13.2 Å². The molecule has 2 aromatic rings. The van der Waals surface area contributed by atoms with Gasteiger partial charge in [0.25, 0.3) is 0 Å². The van der Waals surface area contributed by atoms with Crippen molar-refractivity contribution in [1.82, 2.24) is 9.62 Å². The maximum Gasteiger partial charge on any atom is 0.326 e. The van der Waals surface area contributed by atoms with Gasteiger partial charge in [-0.05, 0) is 43.5 Å². The highest BCUT2D eigenvalue weighted by Crippen LogP contribution is 2.26. The number of Topliss-reactive ketones (excluding diaryl/α,β-unsaturated/α-hetero) is 1. The van der Waals surface area contributed by atoms with Crippen molar-refractivity contribution in [2.24, 2.45) is 10.7 Å². The van der Waals surface area contributed by atoms with E-state index in [1.54, 1.807) is 56.3 Å². The van der Waals surface area contributed by atoms with E-state index >= 15 is 0 Å². The summed E-state index contributed by atoms with van der Waals surface area (Å²) in [6, 6.07) is 12.0. The maximum atomic E-state index is 13.2. The van der Waals surface area contributed by atoms with Crippen LogP contribution in [0.1, 0.15) is 37.8 Å². The fourth-order valence-electron chi connectivity index (χ4n) is 4.22. The molecule has 1 heterocycles. The van der Waals surface area contributed by atoms with E-state index in [-0.39, 0.29) is 30.3 Å². The number of amidine groups is 1. The van der Waals surface area contributed by atoms with Crippen LogP contribution in [-0.2, 0) is 42.0 Å². The Kier molecular flexibility index (Phi) is 10.3. The maximum absolute atomic E-state index is 13.2. The lowest BCUT2D eigenvalue weighted by Gasteiger charge is -2.25. The number of amides is 1. The van der Waals surface area contributed by atoms with Crippen molar-refractivity contribution in [2.75, 3.05) is 13.3 Å². The van der Waals surface area contributed by atoms with Crippen LogP contribution in [0.2, 0.25) is 0 Å². The van der Waals surface area contributed by atoms with E-state index in [0.29, 0.717) is 30.8 Å². The van der Waals surface area contributed by atoms with E-state index in [1.807, 2.05) is 0 Å². The van der Waals surface area contributed by atoms with Crippen LogP contribution in [0.5, 0.6) is 0 Å². The van der Waals surface area contributed by atoms with Gasteiger partial charge in [-0.1, -0.05) is 42.5 Å². The van der Waals surface area contributed by atoms with Crippen molar-refractivity contribution in [2.45, 2.75) is 62.6 Å². The summed E-state index contributed by atoms with van der Waals surface area (Å²) in [5.41, 5.74) is 6.91. The summed E-state index contributed by atoms with van der Waals surface area (Å²) in [6.45, 7) is 3.43. The van der Waals surface area contributed by atoms with Gasteiger partial charge >= 0.3 is 5.97 Å². The first kappa shape index (κ1) is 29.9. The third-order valence-electron chi connectivity index (χ3n) is 6.29. The van der Waals surface area contributed by atoms with Crippen LogP contribution >= 0.6 is 0 Å². The van der Waals surface area contributed by atoms with Gasteiger partial charge in [-0.3, -0.25) is 14.6 Å². The molecule has 0 aromatic heterocycles. The number of carboxylic acid groups (broad SMARTS) is 1. The number of rotatable bonds is 13. The minimum atomic E-state index is -4.05. The Morgan fingerprint density at radius 3 is 2.38 bits per heavy atom. The van der Waals surface area contributed by atoms with Gasteiger partial charge in [-0.2, -0.15) is 4.31 Å². The Labute approximate surface area is 228 Å². The molecule has 1 aliphatic heterocycles. The predicted molar refractivity (Wildman–Crippen MR) is 144 cm³/mol. The zero-order chi connectivity index (χ0) is 28.6. The van der Waals surface area contributed by atoms with Gasteiger partial charge in [-0.15, -0.1) is 0 Å². The zero-order valence-corrected chi connectivity index (χ0v) is 22.8. The summed E-state index contributed by atoms with van der Waals surface area (Å²) in [4.78, 5) is 41.4. The van der Waals surface area contributed by atoms with Crippen LogP contribution in [0, 0.1) is 0 Å². The van der Waals surface area contributed by atoms with Crippen molar-refractivity contribution < 1.29 is 32.6 Å². The summed E-state index contributed by atoms with van der Waals surface area (Å²) in [6.07, 6.45) is 0.433. The van der Waals surface area contributed by atoms with Crippen LogP contribution in [0.4, 0.5) is 0 Å². The second-order valence-corrected chi connectivity index (χ2v) is 11.3. The van der Waals surface area contributed by atoms with E-state index in [1.165, 1.54) is 12.1 Å². The Morgan fingerprint density at radius 2 is 1.77 bits per heavy atom. The normalized spacial score (nSPS) is 19.0. The smallest absolute Gasteiger partial charge is 0.326 e. The van der Waals surface area contributed by atoms with Gasteiger partial charge in [0.2, 0.25) is 15.9 Å². The Morgan fingerprint density at radius 1 is 1.13 bits per heavy atom. The lowest BCUT2D eigenvalue weighted by atomic mass is 10.0. The molecule has 3 atom stereocenters. The Bertz CT molecular complexity index is 1290. The van der Waals surface area contributed by atoms with Crippen LogP contribution < -0.4 is 11.1 Å². The Balaban J connectivity index is 1.63. The minimum absolute atomic E-state index is 0.00742. The zero-order valence-electron chi connectivity index (χ0n) is 21.9. The van der Waals surface area contributed by atoms with Crippen molar-refractivity contribution in [3.63, 3.8) is 0 Å². The van der Waals surface area contributed by atoms with E-state index in [0.717, 1.165) is 9.87 Å². The summed E-state index contributed by atoms with van der Waals surface area (Å²) in [7, 11) is -4.05. The highest BCUT2D eigenvalue weighted by Gasteiger charge is 2.45. The highest BCUT2D eigenvalue weighted by molar-refractivity contribution is 7.89. The highest BCUT2D eigenvalue weighted by atomic mass is 32.2. The van der Waals surface area contributed by atoms with E-state index in [4.69, 9.17) is 10.5 Å². The molecule has 0 aliphatic carbocycles. The number of carboxylic acids is 1. The van der Waals surface area contributed by atoms with Gasteiger partial charge in [0, 0.05) is 25.8 Å². The average Bonchev–Trinajstić information content (AvgIpc) is 3.30. The number of benzene rings is 2. The second kappa shape index (κ2) is 13.5. The molecule has 0 saturated carbocycles. The number of aliphatic carboxylic acids is 1.